The van der Waals surface area contributed by atoms with Crippen LogP contribution in [0, 0.1) is 29.4 Å². The number of nitrogens with two attached hydrogens (primary N) is 1. The van der Waals surface area contributed by atoms with Crippen LogP contribution in [0.4, 0.5) is 8.78 Å². The molecule has 3 saturated heterocycles. The lowest BCUT2D eigenvalue weighted by atomic mass is 9.93. The van der Waals surface area contributed by atoms with Crippen LogP contribution < -0.4 is 5.73 Å². The van der Waals surface area contributed by atoms with Gasteiger partial charge in [0.15, 0.2) is 0 Å². The summed E-state index contributed by atoms with van der Waals surface area (Å²) < 4.78 is 36.1. The number of hydrogen-bond donors (Lipinski definition) is 1. The van der Waals surface area contributed by atoms with E-state index in [0.717, 1.165) is 50.7 Å². The zero-order valence-corrected chi connectivity index (χ0v) is 21.5. The fourth-order valence-electron chi connectivity index (χ4n) is 4.80. The minimum atomic E-state index is -0.572. The Morgan fingerprint density at radius 2 is 1.69 bits per heavy atom. The van der Waals surface area contributed by atoms with Crippen LogP contribution in [-0.2, 0) is 4.74 Å². The number of hydrogen-bond acceptors (Lipinski definition) is 5. The van der Waals surface area contributed by atoms with E-state index in [1.807, 2.05) is 39.6 Å². The molecule has 1 aromatic carbocycles. The highest BCUT2D eigenvalue weighted by Crippen LogP contribution is 2.38. The molecular formula is C25H43F2N3OS. The topological polar surface area (TPSA) is 41.7 Å². The lowest BCUT2D eigenvalue weighted by Crippen LogP contribution is -2.49. The first kappa shape index (κ1) is 27.5. The molecule has 0 amide bonds. The number of ether oxygens (including phenoxy) is 1. The number of likely N-dealkylation sites (tertiary alicyclic amines) is 1. The van der Waals surface area contributed by atoms with Crippen molar-refractivity contribution in [3.05, 3.63) is 35.4 Å². The zero-order chi connectivity index (χ0) is 23.8. The summed E-state index contributed by atoms with van der Waals surface area (Å²) in [5, 5.41) is 0. The molecule has 3 heterocycles. The first-order valence-electron chi connectivity index (χ1n) is 12.3. The molecule has 32 heavy (non-hydrogen) atoms. The number of halogens is 2. The van der Waals surface area contributed by atoms with Gasteiger partial charge >= 0.3 is 0 Å². The molecule has 0 radical (unpaired) electrons. The van der Waals surface area contributed by atoms with Crippen molar-refractivity contribution >= 4 is 11.9 Å². The predicted molar refractivity (Wildman–Crippen MR) is 132 cm³/mol. The number of rotatable bonds is 5. The molecule has 1 aromatic rings. The number of fused-ring (bicyclic) bond motifs is 1. The van der Waals surface area contributed by atoms with Crippen molar-refractivity contribution in [1.82, 2.24) is 9.21 Å². The van der Waals surface area contributed by atoms with Crippen LogP contribution >= 0.6 is 11.9 Å². The minimum absolute atomic E-state index is 0.238. The van der Waals surface area contributed by atoms with Gasteiger partial charge in [-0.3, -0.25) is 4.90 Å². The molecule has 3 aliphatic heterocycles. The van der Waals surface area contributed by atoms with Crippen molar-refractivity contribution in [1.29, 1.82) is 0 Å². The zero-order valence-electron chi connectivity index (χ0n) is 20.7. The average Bonchev–Trinajstić information content (AvgIpc) is 3.36. The van der Waals surface area contributed by atoms with Crippen molar-refractivity contribution in [2.45, 2.75) is 66.2 Å². The summed E-state index contributed by atoms with van der Waals surface area (Å²) in [5.74, 6) is 2.44. The van der Waals surface area contributed by atoms with Gasteiger partial charge in [0.25, 0.3) is 0 Å². The highest BCUT2D eigenvalue weighted by molar-refractivity contribution is 7.97. The van der Waals surface area contributed by atoms with E-state index in [1.54, 1.807) is 0 Å². The highest BCUT2D eigenvalue weighted by atomic mass is 32.2. The molecule has 5 atom stereocenters. The summed E-state index contributed by atoms with van der Waals surface area (Å²) in [7, 11) is 0. The fourth-order valence-corrected chi connectivity index (χ4v) is 5.90. The van der Waals surface area contributed by atoms with E-state index in [1.165, 1.54) is 11.8 Å². The monoisotopic (exact) mass is 471 g/mol. The van der Waals surface area contributed by atoms with Crippen LogP contribution in [0.2, 0.25) is 0 Å². The second kappa shape index (κ2) is 13.2. The van der Waals surface area contributed by atoms with Crippen LogP contribution in [0.5, 0.6) is 0 Å². The number of nitrogens with zero attached hydrogens (tertiary/aromatic N) is 2. The second-order valence-electron chi connectivity index (χ2n) is 8.98. The summed E-state index contributed by atoms with van der Waals surface area (Å²) in [4.78, 5) is 2.51. The van der Waals surface area contributed by atoms with E-state index >= 15 is 0 Å². The predicted octanol–water partition coefficient (Wildman–Crippen LogP) is 5.34. The van der Waals surface area contributed by atoms with Crippen LogP contribution in [0.3, 0.4) is 0 Å². The van der Waals surface area contributed by atoms with Gasteiger partial charge in [-0.1, -0.05) is 53.5 Å². The minimum Gasteiger partial charge on any atom is -0.370 e. The van der Waals surface area contributed by atoms with E-state index in [0.29, 0.717) is 18.4 Å². The molecule has 0 saturated carbocycles. The molecule has 184 valence electrons. The molecule has 4 rings (SSSR count). The molecular weight excluding hydrogens is 428 g/mol. The molecule has 0 bridgehead atoms. The fraction of sp³-hybridized carbons (Fsp3) is 0.760. The normalized spacial score (nSPS) is 30.4. The molecule has 0 spiro atoms. The van der Waals surface area contributed by atoms with Gasteiger partial charge in [0.1, 0.15) is 17.7 Å². The summed E-state index contributed by atoms with van der Waals surface area (Å²) >= 11 is 1.99. The summed E-state index contributed by atoms with van der Waals surface area (Å²) in [5.41, 5.74) is 6.58. The van der Waals surface area contributed by atoms with Gasteiger partial charge in [-0.25, -0.2) is 13.1 Å². The lowest BCUT2D eigenvalue weighted by Gasteiger charge is -2.39. The third-order valence-electron chi connectivity index (χ3n) is 6.25. The molecule has 7 heteroatoms. The van der Waals surface area contributed by atoms with Gasteiger partial charge in [0.05, 0.1) is 6.61 Å². The first-order chi connectivity index (χ1) is 15.4. The smallest absolute Gasteiger partial charge is 0.129 e. The van der Waals surface area contributed by atoms with Crippen LogP contribution in [-0.4, -0.2) is 59.8 Å². The van der Waals surface area contributed by atoms with Crippen molar-refractivity contribution in [3.63, 3.8) is 0 Å². The van der Waals surface area contributed by atoms with Crippen molar-refractivity contribution in [2.24, 2.45) is 23.5 Å². The van der Waals surface area contributed by atoms with E-state index < -0.39 is 17.7 Å². The Kier molecular flexibility index (Phi) is 11.4. The maximum absolute atomic E-state index is 14.1. The molecule has 0 aliphatic carbocycles. The standard InChI is InChI=1S/C21H31F2N3OS.2C2H6/c1-13(2)12-28-26-9-14-7-25(8-15(14)10-26)17-6-20(24)21(27-11-17)18-5-16(22)3-4-19(18)23;2*1-2/h3-5,13-15,17,20-21H,6-12,24H2,1-2H3;2*1-2H3/t14?,15?,17?,20?,21-;;/m1../s1. The van der Waals surface area contributed by atoms with E-state index in [4.69, 9.17) is 10.5 Å². The van der Waals surface area contributed by atoms with Gasteiger partial charge in [-0.2, -0.15) is 0 Å². The molecule has 4 unspecified atom stereocenters. The first-order valence-corrected chi connectivity index (χ1v) is 13.3. The Morgan fingerprint density at radius 3 is 2.25 bits per heavy atom. The van der Waals surface area contributed by atoms with Gasteiger partial charge < -0.3 is 10.5 Å². The SMILES string of the molecule is CC.CC.CC(C)CSN1CC2CN(C3CO[C@H](c4cc(F)ccc4F)C(N)C3)CC2C1. The Labute approximate surface area is 198 Å². The van der Waals surface area contributed by atoms with Gasteiger partial charge in [-0.05, 0) is 42.4 Å². The molecule has 3 aliphatic rings. The summed E-state index contributed by atoms with van der Waals surface area (Å²) in [6.45, 7) is 17.6. The number of benzene rings is 1. The summed E-state index contributed by atoms with van der Waals surface area (Å²) in [6.07, 6.45) is 0.184. The Morgan fingerprint density at radius 1 is 1.06 bits per heavy atom. The maximum atomic E-state index is 14.1. The van der Waals surface area contributed by atoms with Gasteiger partial charge in [-0.15, -0.1) is 0 Å². The second-order valence-corrected chi connectivity index (χ2v) is 10.1. The van der Waals surface area contributed by atoms with E-state index in [-0.39, 0.29) is 17.6 Å². The van der Waals surface area contributed by atoms with E-state index in [2.05, 4.69) is 23.1 Å². The third kappa shape index (κ3) is 6.89. The Hall–Kier alpha value is -0.730. The summed E-state index contributed by atoms with van der Waals surface area (Å²) in [6, 6.07) is 3.43. The average molecular weight is 472 g/mol. The van der Waals surface area contributed by atoms with Crippen LogP contribution in [0.25, 0.3) is 0 Å². The van der Waals surface area contributed by atoms with Crippen LogP contribution in [0.1, 0.15) is 59.6 Å². The van der Waals surface area contributed by atoms with Crippen molar-refractivity contribution < 1.29 is 13.5 Å². The quantitative estimate of drug-likeness (QED) is 0.587. The molecule has 3 fully saturated rings. The Bertz CT molecular complexity index is 679. The Balaban J connectivity index is 0.000000860. The van der Waals surface area contributed by atoms with E-state index in [9.17, 15) is 8.78 Å². The van der Waals surface area contributed by atoms with Crippen molar-refractivity contribution in [2.75, 3.05) is 38.5 Å². The molecule has 4 nitrogen and oxygen atoms in total. The maximum Gasteiger partial charge on any atom is 0.129 e. The van der Waals surface area contributed by atoms with Crippen molar-refractivity contribution in [3.8, 4) is 0 Å². The largest absolute Gasteiger partial charge is 0.370 e. The molecule has 0 aromatic heterocycles. The van der Waals surface area contributed by atoms with Gasteiger partial charge in [0.2, 0.25) is 0 Å². The van der Waals surface area contributed by atoms with Crippen LogP contribution in [0.15, 0.2) is 18.2 Å². The van der Waals surface area contributed by atoms with Gasteiger partial charge in [0, 0.05) is 49.6 Å². The highest BCUT2D eigenvalue weighted by Gasteiger charge is 2.44. The third-order valence-corrected chi connectivity index (χ3v) is 7.73. The molecule has 2 N–H and O–H groups in total. The lowest BCUT2D eigenvalue weighted by molar-refractivity contribution is -0.0485.